The summed E-state index contributed by atoms with van der Waals surface area (Å²) in [6.45, 7) is 2.59. The van der Waals surface area contributed by atoms with E-state index in [9.17, 15) is 4.79 Å². The van der Waals surface area contributed by atoms with Gasteiger partial charge < -0.3 is 15.2 Å². The maximum absolute atomic E-state index is 10.5. The largest absolute Gasteiger partial charge is 0.493 e. The van der Waals surface area contributed by atoms with Crippen LogP contribution in [0.4, 0.5) is 4.79 Å². The van der Waals surface area contributed by atoms with Gasteiger partial charge in [0.1, 0.15) is 0 Å². The van der Waals surface area contributed by atoms with Gasteiger partial charge in [-0.1, -0.05) is 13.0 Å². The van der Waals surface area contributed by atoms with Gasteiger partial charge in [0.25, 0.3) is 0 Å². The minimum absolute atomic E-state index is 0.574. The summed E-state index contributed by atoms with van der Waals surface area (Å²) in [4.78, 5) is 10.5. The molecular weight excluding hydrogens is 234 g/mol. The van der Waals surface area contributed by atoms with Crippen molar-refractivity contribution >= 4 is 12.2 Å². The van der Waals surface area contributed by atoms with Crippen molar-refractivity contribution < 1.29 is 14.3 Å². The van der Waals surface area contributed by atoms with Gasteiger partial charge >= 0.3 is 6.03 Å². The fraction of sp³-hybridized carbons (Fsp3) is 0.333. The number of para-hydroxylation sites is 1. The highest BCUT2D eigenvalue weighted by atomic mass is 16.5. The number of hydrogen-bond donors (Lipinski definition) is 2. The fourth-order valence-electron chi connectivity index (χ4n) is 1.32. The van der Waals surface area contributed by atoms with Crippen molar-refractivity contribution in [2.75, 3.05) is 13.7 Å². The van der Waals surface area contributed by atoms with Crippen molar-refractivity contribution in [1.29, 1.82) is 0 Å². The maximum atomic E-state index is 10.5. The first kappa shape index (κ1) is 13.8. The van der Waals surface area contributed by atoms with E-state index in [0.717, 1.165) is 6.42 Å². The number of nitrogens with zero attached hydrogens (tertiary/aromatic N) is 1. The average molecular weight is 251 g/mol. The molecule has 0 aromatic heterocycles. The topological polar surface area (TPSA) is 85.9 Å². The summed E-state index contributed by atoms with van der Waals surface area (Å²) in [7, 11) is 1.57. The van der Waals surface area contributed by atoms with Crippen LogP contribution in [0.5, 0.6) is 11.5 Å². The second-order valence-corrected chi connectivity index (χ2v) is 3.46. The highest BCUT2D eigenvalue weighted by Crippen LogP contribution is 2.30. The first-order valence-electron chi connectivity index (χ1n) is 5.57. The summed E-state index contributed by atoms with van der Waals surface area (Å²) in [6.07, 6.45) is 2.34. The van der Waals surface area contributed by atoms with E-state index >= 15 is 0 Å². The molecule has 6 nitrogen and oxygen atoms in total. The first-order valence-corrected chi connectivity index (χ1v) is 5.57. The summed E-state index contributed by atoms with van der Waals surface area (Å²) in [5, 5.41) is 3.70. The summed E-state index contributed by atoms with van der Waals surface area (Å²) in [5.74, 6) is 1.21. The van der Waals surface area contributed by atoms with E-state index in [1.807, 2.05) is 13.0 Å². The van der Waals surface area contributed by atoms with Crippen LogP contribution in [0.15, 0.2) is 23.3 Å². The molecule has 18 heavy (non-hydrogen) atoms. The number of urea groups is 1. The highest BCUT2D eigenvalue weighted by Gasteiger charge is 2.08. The van der Waals surface area contributed by atoms with E-state index in [1.165, 1.54) is 6.21 Å². The number of nitrogens with two attached hydrogens (primary N) is 1. The molecule has 1 aromatic rings. The number of benzene rings is 1. The average Bonchev–Trinajstić information content (AvgIpc) is 2.36. The Balaban J connectivity index is 2.94. The molecule has 0 aliphatic rings. The lowest BCUT2D eigenvalue weighted by Gasteiger charge is -2.12. The van der Waals surface area contributed by atoms with Crippen molar-refractivity contribution in [2.45, 2.75) is 13.3 Å². The molecule has 0 bridgehead atoms. The van der Waals surface area contributed by atoms with Gasteiger partial charge in [-0.2, -0.15) is 5.10 Å². The normalized spacial score (nSPS) is 10.3. The molecule has 0 heterocycles. The van der Waals surface area contributed by atoms with Crippen molar-refractivity contribution in [1.82, 2.24) is 5.43 Å². The Kier molecular flexibility index (Phi) is 5.50. The SMILES string of the molecule is CCCOc1c(C=NNC(N)=O)cccc1OC. The fourth-order valence-corrected chi connectivity index (χ4v) is 1.32. The Hall–Kier alpha value is -2.24. The third kappa shape index (κ3) is 3.97. The number of hydrazone groups is 1. The van der Waals surface area contributed by atoms with Gasteiger partial charge in [0.2, 0.25) is 0 Å². The molecule has 0 fully saturated rings. The number of amides is 2. The lowest BCUT2D eigenvalue weighted by molar-refractivity contribution is 0.249. The Bertz CT molecular complexity index is 433. The van der Waals surface area contributed by atoms with Crippen molar-refractivity contribution in [3.8, 4) is 11.5 Å². The summed E-state index contributed by atoms with van der Waals surface area (Å²) in [6, 6.07) is 4.69. The second kappa shape index (κ2) is 7.16. The summed E-state index contributed by atoms with van der Waals surface area (Å²) >= 11 is 0. The van der Waals surface area contributed by atoms with Crippen LogP contribution in [-0.2, 0) is 0 Å². The van der Waals surface area contributed by atoms with Crippen LogP contribution in [0.25, 0.3) is 0 Å². The summed E-state index contributed by atoms with van der Waals surface area (Å²) in [5.41, 5.74) is 7.74. The smallest absolute Gasteiger partial charge is 0.332 e. The minimum Gasteiger partial charge on any atom is -0.493 e. The number of nitrogens with one attached hydrogen (secondary N) is 1. The van der Waals surface area contributed by atoms with Crippen LogP contribution in [0.2, 0.25) is 0 Å². The molecule has 0 spiro atoms. The molecule has 0 radical (unpaired) electrons. The van der Waals surface area contributed by atoms with Crippen LogP contribution in [0, 0.1) is 0 Å². The van der Waals surface area contributed by atoms with Crippen LogP contribution >= 0.6 is 0 Å². The number of ether oxygens (including phenoxy) is 2. The van der Waals surface area contributed by atoms with Gasteiger partial charge in [-0.15, -0.1) is 0 Å². The van der Waals surface area contributed by atoms with E-state index in [0.29, 0.717) is 23.7 Å². The number of methoxy groups -OCH3 is 1. The predicted molar refractivity (Wildman–Crippen MR) is 69.1 cm³/mol. The Morgan fingerprint density at radius 1 is 1.56 bits per heavy atom. The maximum Gasteiger partial charge on any atom is 0.332 e. The molecule has 2 amide bonds. The number of rotatable bonds is 6. The van der Waals surface area contributed by atoms with Gasteiger partial charge in [0, 0.05) is 5.56 Å². The van der Waals surface area contributed by atoms with Crippen LogP contribution in [0.3, 0.4) is 0 Å². The first-order chi connectivity index (χ1) is 8.69. The Labute approximate surface area is 106 Å². The van der Waals surface area contributed by atoms with Gasteiger partial charge in [0.05, 0.1) is 19.9 Å². The number of carbonyl (C=O) groups excluding carboxylic acids is 1. The van der Waals surface area contributed by atoms with Gasteiger partial charge in [-0.05, 0) is 18.6 Å². The van der Waals surface area contributed by atoms with Crippen LogP contribution in [0.1, 0.15) is 18.9 Å². The molecule has 1 aromatic carbocycles. The van der Waals surface area contributed by atoms with Crippen LogP contribution in [-0.4, -0.2) is 26.0 Å². The van der Waals surface area contributed by atoms with Gasteiger partial charge in [-0.25, -0.2) is 10.2 Å². The summed E-state index contributed by atoms with van der Waals surface area (Å²) < 4.78 is 10.8. The van der Waals surface area contributed by atoms with E-state index in [1.54, 1.807) is 19.2 Å². The molecule has 0 unspecified atom stereocenters. The van der Waals surface area contributed by atoms with Crippen molar-refractivity contribution in [3.63, 3.8) is 0 Å². The molecule has 0 atom stereocenters. The van der Waals surface area contributed by atoms with E-state index in [-0.39, 0.29) is 0 Å². The molecule has 0 aliphatic heterocycles. The highest BCUT2D eigenvalue weighted by molar-refractivity contribution is 5.86. The quantitative estimate of drug-likeness (QED) is 0.593. The lowest BCUT2D eigenvalue weighted by Crippen LogP contribution is -2.24. The van der Waals surface area contributed by atoms with Crippen LogP contribution < -0.4 is 20.6 Å². The van der Waals surface area contributed by atoms with Gasteiger partial charge in [0.15, 0.2) is 11.5 Å². The molecule has 0 aliphatic carbocycles. The zero-order valence-electron chi connectivity index (χ0n) is 10.5. The molecule has 6 heteroatoms. The van der Waals surface area contributed by atoms with Crippen molar-refractivity contribution in [3.05, 3.63) is 23.8 Å². The lowest BCUT2D eigenvalue weighted by atomic mass is 10.2. The third-order valence-corrected chi connectivity index (χ3v) is 2.06. The monoisotopic (exact) mass is 251 g/mol. The van der Waals surface area contributed by atoms with Gasteiger partial charge in [-0.3, -0.25) is 0 Å². The number of primary amides is 1. The second-order valence-electron chi connectivity index (χ2n) is 3.46. The Morgan fingerprint density at radius 3 is 2.94 bits per heavy atom. The molecule has 3 N–H and O–H groups in total. The standard InChI is InChI=1S/C12H17N3O3/c1-3-7-18-11-9(8-14-15-12(13)16)5-4-6-10(11)17-2/h4-6,8H,3,7H2,1-2H3,(H3,13,15,16). The minimum atomic E-state index is -0.717. The molecule has 98 valence electrons. The molecule has 1 rings (SSSR count). The van der Waals surface area contributed by atoms with Crippen molar-refractivity contribution in [2.24, 2.45) is 10.8 Å². The van der Waals surface area contributed by atoms with E-state index in [4.69, 9.17) is 15.2 Å². The number of hydrogen-bond acceptors (Lipinski definition) is 4. The molecule has 0 saturated carbocycles. The Morgan fingerprint density at radius 2 is 2.33 bits per heavy atom. The zero-order valence-corrected chi connectivity index (χ0v) is 10.5. The van der Waals surface area contributed by atoms with E-state index in [2.05, 4.69) is 10.5 Å². The molecular formula is C12H17N3O3. The molecule has 0 saturated heterocycles. The third-order valence-electron chi connectivity index (χ3n) is 2.06. The zero-order chi connectivity index (χ0) is 13.4. The number of carbonyl (C=O) groups is 1. The predicted octanol–water partition coefficient (Wildman–Crippen LogP) is 1.49. The van der Waals surface area contributed by atoms with E-state index < -0.39 is 6.03 Å².